The van der Waals surface area contributed by atoms with E-state index in [9.17, 15) is 13.2 Å². The second kappa shape index (κ2) is 11.4. The molecule has 26 heavy (non-hydrogen) atoms. The Morgan fingerprint density at radius 3 is 2.46 bits per heavy atom. The number of sulfonamides is 1. The summed E-state index contributed by atoms with van der Waals surface area (Å²) in [6.45, 7) is 7.32. The van der Waals surface area contributed by atoms with Crippen molar-refractivity contribution in [3.8, 4) is 0 Å². The largest absolute Gasteiger partial charge is 0.359 e. The Kier molecular flexibility index (Phi) is 9.93. The fourth-order valence-corrected chi connectivity index (χ4v) is 3.82. The minimum atomic E-state index is -3.12. The van der Waals surface area contributed by atoms with Crippen LogP contribution in [0, 0.1) is 5.92 Å². The Labute approximate surface area is 158 Å². The van der Waals surface area contributed by atoms with Crippen LogP contribution in [0.1, 0.15) is 39.5 Å². The van der Waals surface area contributed by atoms with Crippen LogP contribution >= 0.6 is 0 Å². The molecule has 0 atom stereocenters. The van der Waals surface area contributed by atoms with E-state index < -0.39 is 10.0 Å². The van der Waals surface area contributed by atoms with E-state index in [1.165, 1.54) is 4.31 Å². The van der Waals surface area contributed by atoms with Crippen LogP contribution in [0.25, 0.3) is 0 Å². The minimum Gasteiger partial charge on any atom is -0.359 e. The van der Waals surface area contributed by atoms with Crippen LogP contribution in [0.2, 0.25) is 0 Å². The van der Waals surface area contributed by atoms with Crippen molar-refractivity contribution in [2.24, 2.45) is 10.9 Å². The van der Waals surface area contributed by atoms with Crippen molar-refractivity contribution in [1.82, 2.24) is 19.8 Å². The van der Waals surface area contributed by atoms with E-state index in [1.807, 2.05) is 6.92 Å². The number of hydrogen-bond donors (Lipinski definition) is 2. The van der Waals surface area contributed by atoms with Gasteiger partial charge in [-0.05, 0) is 39.0 Å². The summed E-state index contributed by atoms with van der Waals surface area (Å²) in [5, 5.41) is 6.00. The smallest absolute Gasteiger partial charge is 0.220 e. The van der Waals surface area contributed by atoms with Gasteiger partial charge < -0.3 is 15.5 Å². The molecule has 1 rings (SSSR count). The first-order valence-corrected chi connectivity index (χ1v) is 11.1. The highest BCUT2D eigenvalue weighted by Crippen LogP contribution is 2.20. The summed E-state index contributed by atoms with van der Waals surface area (Å²) < 4.78 is 24.9. The summed E-state index contributed by atoms with van der Waals surface area (Å²) >= 11 is 0. The van der Waals surface area contributed by atoms with Crippen molar-refractivity contribution >= 4 is 21.9 Å². The second-order valence-corrected chi connectivity index (χ2v) is 8.98. The Balaban J connectivity index is 2.48. The van der Waals surface area contributed by atoms with Gasteiger partial charge in [-0.25, -0.2) is 12.7 Å². The molecule has 0 spiro atoms. The van der Waals surface area contributed by atoms with Crippen LogP contribution < -0.4 is 10.6 Å². The van der Waals surface area contributed by atoms with Crippen molar-refractivity contribution < 1.29 is 13.2 Å². The maximum absolute atomic E-state index is 11.7. The molecule has 0 aromatic heterocycles. The van der Waals surface area contributed by atoms with Gasteiger partial charge in [-0.15, -0.1) is 0 Å². The molecule has 1 aliphatic heterocycles. The van der Waals surface area contributed by atoms with E-state index in [1.54, 1.807) is 21.0 Å². The molecular weight excluding hydrogens is 354 g/mol. The molecule has 1 heterocycles. The molecule has 0 aromatic rings. The lowest BCUT2D eigenvalue weighted by atomic mass is 9.93. The van der Waals surface area contributed by atoms with Crippen molar-refractivity contribution in [3.63, 3.8) is 0 Å². The monoisotopic (exact) mass is 389 g/mol. The van der Waals surface area contributed by atoms with Gasteiger partial charge in [-0.1, -0.05) is 0 Å². The fraction of sp³-hybridized carbons (Fsp3) is 0.882. The molecule has 1 saturated heterocycles. The highest BCUT2D eigenvalue weighted by molar-refractivity contribution is 7.89. The number of amides is 1. The summed E-state index contributed by atoms with van der Waals surface area (Å²) in [7, 11) is 0.171. The quantitative estimate of drug-likeness (QED) is 0.340. The summed E-state index contributed by atoms with van der Waals surface area (Å²) in [4.78, 5) is 18.4. The zero-order valence-electron chi connectivity index (χ0n) is 16.6. The van der Waals surface area contributed by atoms with E-state index in [2.05, 4.69) is 20.5 Å². The summed E-state index contributed by atoms with van der Waals surface area (Å²) in [5.41, 5.74) is 0. The van der Waals surface area contributed by atoms with Crippen molar-refractivity contribution in [2.75, 3.05) is 52.6 Å². The average Bonchev–Trinajstić information content (AvgIpc) is 2.64. The Morgan fingerprint density at radius 1 is 1.27 bits per heavy atom. The van der Waals surface area contributed by atoms with Gasteiger partial charge in [0.2, 0.25) is 15.9 Å². The predicted octanol–water partition coefficient (Wildman–Crippen LogP) is 0.472. The molecule has 1 fully saturated rings. The molecular formula is C17H35N5O3S. The highest BCUT2D eigenvalue weighted by Gasteiger charge is 2.23. The zero-order valence-corrected chi connectivity index (χ0v) is 17.4. The number of hydrogen-bond acceptors (Lipinski definition) is 4. The lowest BCUT2D eigenvalue weighted by Gasteiger charge is -2.34. The molecule has 0 radical (unpaired) electrons. The Bertz CT molecular complexity index is 557. The van der Waals surface area contributed by atoms with Gasteiger partial charge in [-0.2, -0.15) is 0 Å². The SMILES string of the molecule is CCNC(=NCCCN(C)S(=O)(=O)CC)N1CCC(CC(=O)NC)CC1. The third kappa shape index (κ3) is 7.49. The molecule has 0 saturated carbocycles. The van der Waals surface area contributed by atoms with E-state index in [0.717, 1.165) is 38.4 Å². The van der Waals surface area contributed by atoms with E-state index in [4.69, 9.17) is 0 Å². The number of rotatable bonds is 9. The van der Waals surface area contributed by atoms with E-state index in [-0.39, 0.29) is 11.7 Å². The van der Waals surface area contributed by atoms with Gasteiger partial charge in [0.05, 0.1) is 5.75 Å². The maximum Gasteiger partial charge on any atom is 0.220 e. The average molecular weight is 390 g/mol. The fourth-order valence-electron chi connectivity index (χ4n) is 2.98. The lowest BCUT2D eigenvalue weighted by molar-refractivity contribution is -0.121. The summed E-state index contributed by atoms with van der Waals surface area (Å²) in [5.74, 6) is 1.55. The predicted molar refractivity (Wildman–Crippen MR) is 106 cm³/mol. The third-order valence-corrected chi connectivity index (χ3v) is 6.60. The van der Waals surface area contributed by atoms with E-state index in [0.29, 0.717) is 31.8 Å². The molecule has 1 aliphatic rings. The van der Waals surface area contributed by atoms with Crippen LogP contribution in [0.5, 0.6) is 0 Å². The second-order valence-electron chi connectivity index (χ2n) is 6.62. The minimum absolute atomic E-state index is 0.107. The van der Waals surface area contributed by atoms with Crippen molar-refractivity contribution in [2.45, 2.75) is 39.5 Å². The maximum atomic E-state index is 11.7. The first-order valence-electron chi connectivity index (χ1n) is 9.51. The number of likely N-dealkylation sites (tertiary alicyclic amines) is 1. The number of aliphatic imine (C=N–C) groups is 1. The van der Waals surface area contributed by atoms with Gasteiger partial charge in [0.15, 0.2) is 5.96 Å². The van der Waals surface area contributed by atoms with Gasteiger partial charge in [0.1, 0.15) is 0 Å². The van der Waals surface area contributed by atoms with Crippen LogP contribution in [0.3, 0.4) is 0 Å². The number of carbonyl (C=O) groups is 1. The number of nitrogens with one attached hydrogen (secondary N) is 2. The van der Waals surface area contributed by atoms with Crippen molar-refractivity contribution in [3.05, 3.63) is 0 Å². The van der Waals surface area contributed by atoms with Gasteiger partial charge in [0.25, 0.3) is 0 Å². The molecule has 0 bridgehead atoms. The van der Waals surface area contributed by atoms with Gasteiger partial charge in [0, 0.05) is 53.2 Å². The lowest BCUT2D eigenvalue weighted by Crippen LogP contribution is -2.46. The van der Waals surface area contributed by atoms with Crippen LogP contribution in [-0.4, -0.2) is 82.1 Å². The first-order chi connectivity index (χ1) is 12.3. The molecule has 2 N–H and O–H groups in total. The Hall–Kier alpha value is -1.35. The molecule has 152 valence electrons. The summed E-state index contributed by atoms with van der Waals surface area (Å²) in [6.07, 6.45) is 3.25. The highest BCUT2D eigenvalue weighted by atomic mass is 32.2. The number of nitrogens with zero attached hydrogens (tertiary/aromatic N) is 3. The van der Waals surface area contributed by atoms with Gasteiger partial charge in [-0.3, -0.25) is 9.79 Å². The number of piperidine rings is 1. The van der Waals surface area contributed by atoms with Crippen LogP contribution in [0.15, 0.2) is 4.99 Å². The van der Waals surface area contributed by atoms with Gasteiger partial charge >= 0.3 is 0 Å². The van der Waals surface area contributed by atoms with Crippen LogP contribution in [-0.2, 0) is 14.8 Å². The topological polar surface area (TPSA) is 94.1 Å². The molecule has 0 aliphatic carbocycles. The number of guanidine groups is 1. The normalized spacial score (nSPS) is 16.8. The Morgan fingerprint density at radius 2 is 1.92 bits per heavy atom. The van der Waals surface area contributed by atoms with Crippen LogP contribution in [0.4, 0.5) is 0 Å². The first kappa shape index (κ1) is 22.7. The standard InChI is InChI=1S/C17H35N5O3S/c1-5-19-17(20-10-7-11-21(4)26(24,25)6-2)22-12-8-15(9-13-22)14-16(23)18-3/h15H,5-14H2,1-4H3,(H,18,23)(H,19,20). The molecule has 0 aromatic carbocycles. The third-order valence-electron chi connectivity index (χ3n) is 4.73. The molecule has 9 heteroatoms. The number of carbonyl (C=O) groups excluding carboxylic acids is 1. The molecule has 1 amide bonds. The van der Waals surface area contributed by atoms with E-state index >= 15 is 0 Å². The summed E-state index contributed by atoms with van der Waals surface area (Å²) in [6, 6.07) is 0. The molecule has 0 unspecified atom stereocenters. The zero-order chi connectivity index (χ0) is 19.6. The molecule has 8 nitrogen and oxygen atoms in total. The van der Waals surface area contributed by atoms with Crippen molar-refractivity contribution in [1.29, 1.82) is 0 Å².